The standard InChI is InChI=1S/C7H15N3/c1-2-6-9(5-1)10-7-3-4-8-10/h8H,1-7H2. The van der Waals surface area contributed by atoms with Crippen molar-refractivity contribution in [2.45, 2.75) is 19.3 Å². The van der Waals surface area contributed by atoms with Crippen LogP contribution in [-0.4, -0.2) is 36.3 Å². The Morgan fingerprint density at radius 2 is 1.70 bits per heavy atom. The summed E-state index contributed by atoms with van der Waals surface area (Å²) in [5, 5.41) is 4.71. The molecule has 10 heavy (non-hydrogen) atoms. The van der Waals surface area contributed by atoms with Gasteiger partial charge in [0.05, 0.1) is 0 Å². The van der Waals surface area contributed by atoms with Gasteiger partial charge in [0.25, 0.3) is 0 Å². The molecule has 0 aliphatic carbocycles. The lowest BCUT2D eigenvalue weighted by molar-refractivity contribution is -0.0228. The van der Waals surface area contributed by atoms with Gasteiger partial charge >= 0.3 is 0 Å². The van der Waals surface area contributed by atoms with Gasteiger partial charge in [-0.3, -0.25) is 0 Å². The summed E-state index contributed by atoms with van der Waals surface area (Å²) in [4.78, 5) is 0. The molecule has 58 valence electrons. The van der Waals surface area contributed by atoms with E-state index in [1.165, 1.54) is 38.9 Å². The lowest BCUT2D eigenvalue weighted by Gasteiger charge is -2.26. The third-order valence-electron chi connectivity index (χ3n) is 2.26. The zero-order chi connectivity index (χ0) is 6.81. The van der Waals surface area contributed by atoms with Crippen LogP contribution in [0.3, 0.4) is 0 Å². The molecule has 0 unspecified atom stereocenters. The van der Waals surface area contributed by atoms with Gasteiger partial charge in [0.15, 0.2) is 0 Å². The number of hydrazine groups is 2. The van der Waals surface area contributed by atoms with Crippen LogP contribution in [0, 0.1) is 0 Å². The normalized spacial score (nSPS) is 30.0. The van der Waals surface area contributed by atoms with Crippen LogP contribution in [0.2, 0.25) is 0 Å². The van der Waals surface area contributed by atoms with Crippen LogP contribution in [0.25, 0.3) is 0 Å². The highest BCUT2D eigenvalue weighted by Gasteiger charge is 2.21. The van der Waals surface area contributed by atoms with Gasteiger partial charge in [-0.1, -0.05) is 0 Å². The molecule has 0 spiro atoms. The molecule has 3 nitrogen and oxygen atoms in total. The van der Waals surface area contributed by atoms with E-state index in [2.05, 4.69) is 15.6 Å². The van der Waals surface area contributed by atoms with E-state index in [-0.39, 0.29) is 0 Å². The summed E-state index contributed by atoms with van der Waals surface area (Å²) >= 11 is 0. The SMILES string of the molecule is C1CCN(N2CCCN2)C1. The Kier molecular flexibility index (Phi) is 1.88. The lowest BCUT2D eigenvalue weighted by Crippen LogP contribution is -2.45. The first-order valence-corrected chi connectivity index (χ1v) is 4.23. The Balaban J connectivity index is 1.85. The molecule has 1 N–H and O–H groups in total. The summed E-state index contributed by atoms with van der Waals surface area (Å²) < 4.78 is 0. The Morgan fingerprint density at radius 1 is 0.900 bits per heavy atom. The zero-order valence-corrected chi connectivity index (χ0v) is 6.34. The van der Waals surface area contributed by atoms with Gasteiger partial charge in [-0.2, -0.15) is 5.12 Å². The molecule has 0 aromatic rings. The number of nitrogens with zero attached hydrogens (tertiary/aromatic N) is 2. The number of hydrogen-bond acceptors (Lipinski definition) is 3. The van der Waals surface area contributed by atoms with E-state index < -0.39 is 0 Å². The lowest BCUT2D eigenvalue weighted by atomic mass is 10.4. The van der Waals surface area contributed by atoms with E-state index in [9.17, 15) is 0 Å². The molecule has 3 heteroatoms. The molecule has 0 atom stereocenters. The van der Waals surface area contributed by atoms with Crippen molar-refractivity contribution in [3.05, 3.63) is 0 Å². The highest BCUT2D eigenvalue weighted by Crippen LogP contribution is 2.11. The minimum atomic E-state index is 1.16. The number of hydrogen-bond donors (Lipinski definition) is 1. The maximum Gasteiger partial charge on any atom is 0.0303 e. The molecule has 0 aromatic carbocycles. The number of nitrogens with one attached hydrogen (secondary N) is 1. The van der Waals surface area contributed by atoms with Crippen LogP contribution in [0.5, 0.6) is 0 Å². The van der Waals surface area contributed by atoms with Crippen molar-refractivity contribution < 1.29 is 0 Å². The second-order valence-corrected chi connectivity index (χ2v) is 3.05. The molecule has 2 rings (SSSR count). The highest BCUT2D eigenvalue weighted by molar-refractivity contribution is 4.66. The third kappa shape index (κ3) is 1.17. The number of rotatable bonds is 1. The second-order valence-electron chi connectivity index (χ2n) is 3.05. The quantitative estimate of drug-likeness (QED) is 0.563. The van der Waals surface area contributed by atoms with Crippen molar-refractivity contribution in [1.82, 2.24) is 15.6 Å². The molecule has 2 aliphatic heterocycles. The predicted molar refractivity (Wildman–Crippen MR) is 40.1 cm³/mol. The van der Waals surface area contributed by atoms with Crippen LogP contribution in [0.15, 0.2) is 0 Å². The van der Waals surface area contributed by atoms with Gasteiger partial charge in [0.2, 0.25) is 0 Å². The first-order valence-electron chi connectivity index (χ1n) is 4.23. The maximum atomic E-state index is 3.36. The summed E-state index contributed by atoms with van der Waals surface area (Å²) in [5.74, 6) is 0. The average molecular weight is 141 g/mol. The van der Waals surface area contributed by atoms with Gasteiger partial charge < -0.3 is 0 Å². The second kappa shape index (κ2) is 2.86. The summed E-state index contributed by atoms with van der Waals surface area (Å²) in [6, 6.07) is 0. The van der Waals surface area contributed by atoms with Crippen molar-refractivity contribution >= 4 is 0 Å². The molecular formula is C7H15N3. The molecule has 0 radical (unpaired) electrons. The van der Waals surface area contributed by atoms with Crippen LogP contribution >= 0.6 is 0 Å². The molecule has 0 saturated carbocycles. The largest absolute Gasteiger partial charge is 0.241 e. The Labute approximate surface area is 61.9 Å². The molecular weight excluding hydrogens is 126 g/mol. The Hall–Kier alpha value is -0.120. The first-order chi connectivity index (χ1) is 4.97. The zero-order valence-electron chi connectivity index (χ0n) is 6.34. The highest BCUT2D eigenvalue weighted by atomic mass is 15.8. The molecule has 0 amide bonds. The Morgan fingerprint density at radius 3 is 2.30 bits per heavy atom. The van der Waals surface area contributed by atoms with E-state index in [1.54, 1.807) is 0 Å². The van der Waals surface area contributed by atoms with Crippen LogP contribution in [0.1, 0.15) is 19.3 Å². The molecule has 0 aromatic heterocycles. The third-order valence-corrected chi connectivity index (χ3v) is 2.26. The van der Waals surface area contributed by atoms with Crippen molar-refractivity contribution in [3.8, 4) is 0 Å². The van der Waals surface area contributed by atoms with Gasteiger partial charge in [-0.05, 0) is 19.3 Å². The van der Waals surface area contributed by atoms with E-state index >= 15 is 0 Å². The summed E-state index contributed by atoms with van der Waals surface area (Å²) in [7, 11) is 0. The van der Waals surface area contributed by atoms with Gasteiger partial charge in [-0.25, -0.2) is 10.4 Å². The maximum absolute atomic E-state index is 3.36. The summed E-state index contributed by atoms with van der Waals surface area (Å²) in [5.41, 5.74) is 3.36. The minimum Gasteiger partial charge on any atom is -0.241 e. The smallest absolute Gasteiger partial charge is 0.0303 e. The van der Waals surface area contributed by atoms with E-state index in [0.29, 0.717) is 0 Å². The van der Waals surface area contributed by atoms with Crippen LogP contribution in [0.4, 0.5) is 0 Å². The first kappa shape index (κ1) is 6.58. The monoisotopic (exact) mass is 141 g/mol. The van der Waals surface area contributed by atoms with Crippen molar-refractivity contribution in [3.63, 3.8) is 0 Å². The molecule has 2 saturated heterocycles. The van der Waals surface area contributed by atoms with Crippen LogP contribution < -0.4 is 5.43 Å². The summed E-state index contributed by atoms with van der Waals surface area (Å²) in [6.45, 7) is 4.89. The van der Waals surface area contributed by atoms with Crippen molar-refractivity contribution in [2.75, 3.05) is 26.2 Å². The molecule has 2 heterocycles. The fourth-order valence-corrected chi connectivity index (χ4v) is 1.70. The van der Waals surface area contributed by atoms with Crippen molar-refractivity contribution in [2.24, 2.45) is 0 Å². The van der Waals surface area contributed by atoms with Gasteiger partial charge in [0.1, 0.15) is 0 Å². The minimum absolute atomic E-state index is 1.16. The molecule has 0 bridgehead atoms. The predicted octanol–water partition coefficient (Wildman–Crippen LogP) is 0.208. The fraction of sp³-hybridized carbons (Fsp3) is 1.00. The van der Waals surface area contributed by atoms with E-state index in [4.69, 9.17) is 0 Å². The van der Waals surface area contributed by atoms with Gasteiger partial charge in [0, 0.05) is 26.2 Å². The Bertz CT molecular complexity index is 89.4. The topological polar surface area (TPSA) is 18.5 Å². The fourth-order valence-electron chi connectivity index (χ4n) is 1.70. The molecule has 2 aliphatic rings. The van der Waals surface area contributed by atoms with Crippen molar-refractivity contribution in [1.29, 1.82) is 0 Å². The van der Waals surface area contributed by atoms with Gasteiger partial charge in [-0.15, -0.1) is 0 Å². The van der Waals surface area contributed by atoms with E-state index in [1.807, 2.05) is 0 Å². The molecule has 2 fully saturated rings. The summed E-state index contributed by atoms with van der Waals surface area (Å²) in [6.07, 6.45) is 4.05. The average Bonchev–Trinajstić information content (AvgIpc) is 2.59. The van der Waals surface area contributed by atoms with Crippen LogP contribution in [-0.2, 0) is 0 Å². The van der Waals surface area contributed by atoms with E-state index in [0.717, 1.165) is 6.54 Å².